The fourth-order valence-electron chi connectivity index (χ4n) is 2.97. The summed E-state index contributed by atoms with van der Waals surface area (Å²) < 4.78 is 0. The van der Waals surface area contributed by atoms with Crippen LogP contribution in [0.15, 0.2) is 24.3 Å². The average Bonchev–Trinajstić information content (AvgIpc) is 2.47. The summed E-state index contributed by atoms with van der Waals surface area (Å²) in [5.41, 5.74) is 2.77. The number of nitrogens with zero attached hydrogens (tertiary/aromatic N) is 1. The summed E-state index contributed by atoms with van der Waals surface area (Å²) in [5, 5.41) is 0. The molecule has 1 aliphatic rings. The maximum atomic E-state index is 11.8. The van der Waals surface area contributed by atoms with Crippen molar-refractivity contribution in [3.63, 3.8) is 0 Å². The molecule has 0 atom stereocenters. The summed E-state index contributed by atoms with van der Waals surface area (Å²) in [5.74, 6) is 1.14. The molecule has 1 fully saturated rings. The van der Waals surface area contributed by atoms with Crippen LogP contribution in [0.5, 0.6) is 0 Å². The van der Waals surface area contributed by atoms with Crippen molar-refractivity contribution in [2.24, 2.45) is 5.92 Å². The lowest BCUT2D eigenvalue weighted by molar-refractivity contribution is -0.132. The van der Waals surface area contributed by atoms with Crippen molar-refractivity contribution in [3.05, 3.63) is 35.4 Å². The largest absolute Gasteiger partial charge is 0.343 e. The SMILES string of the molecule is CCCC(=O)N1CCC(CCc2ccc(C)cc2)CC1. The predicted molar refractivity (Wildman–Crippen MR) is 83.7 cm³/mol. The molecule has 1 aromatic carbocycles. The van der Waals surface area contributed by atoms with E-state index < -0.39 is 0 Å². The van der Waals surface area contributed by atoms with E-state index in [1.807, 2.05) is 0 Å². The van der Waals surface area contributed by atoms with Gasteiger partial charge in [0.15, 0.2) is 0 Å². The van der Waals surface area contributed by atoms with E-state index in [2.05, 4.69) is 43.0 Å². The number of piperidine rings is 1. The van der Waals surface area contributed by atoms with Crippen LogP contribution in [0.4, 0.5) is 0 Å². The first-order chi connectivity index (χ1) is 9.69. The monoisotopic (exact) mass is 273 g/mol. The van der Waals surface area contributed by atoms with Gasteiger partial charge in [-0.25, -0.2) is 0 Å². The van der Waals surface area contributed by atoms with Gasteiger partial charge in [0.05, 0.1) is 0 Å². The molecule has 0 N–H and O–H groups in total. The van der Waals surface area contributed by atoms with Crippen molar-refractivity contribution in [2.75, 3.05) is 13.1 Å². The molecule has 2 heteroatoms. The lowest BCUT2D eigenvalue weighted by Crippen LogP contribution is -2.38. The number of amides is 1. The first kappa shape index (κ1) is 15.1. The molecule has 20 heavy (non-hydrogen) atoms. The van der Waals surface area contributed by atoms with Crippen molar-refractivity contribution in [2.45, 2.75) is 52.4 Å². The highest BCUT2D eigenvalue weighted by Crippen LogP contribution is 2.23. The van der Waals surface area contributed by atoms with Crippen molar-refractivity contribution in [1.29, 1.82) is 0 Å². The number of rotatable bonds is 5. The second kappa shape index (κ2) is 7.47. The zero-order chi connectivity index (χ0) is 14.4. The minimum absolute atomic E-state index is 0.351. The third-order valence-corrected chi connectivity index (χ3v) is 4.39. The summed E-state index contributed by atoms with van der Waals surface area (Å²) in [6.07, 6.45) is 6.48. The van der Waals surface area contributed by atoms with Crippen molar-refractivity contribution in [3.8, 4) is 0 Å². The molecule has 2 rings (SSSR count). The van der Waals surface area contributed by atoms with Gasteiger partial charge in [0.1, 0.15) is 0 Å². The van der Waals surface area contributed by atoms with E-state index in [0.717, 1.165) is 25.4 Å². The number of carbonyl (C=O) groups is 1. The van der Waals surface area contributed by atoms with E-state index in [1.54, 1.807) is 0 Å². The zero-order valence-electron chi connectivity index (χ0n) is 12.9. The zero-order valence-corrected chi connectivity index (χ0v) is 12.9. The van der Waals surface area contributed by atoms with Crippen LogP contribution in [0, 0.1) is 12.8 Å². The molecule has 1 amide bonds. The third kappa shape index (κ3) is 4.36. The van der Waals surface area contributed by atoms with Crippen LogP contribution in [0.2, 0.25) is 0 Å². The molecule has 0 aliphatic carbocycles. The van der Waals surface area contributed by atoms with Crippen LogP contribution >= 0.6 is 0 Å². The number of carbonyl (C=O) groups excluding carboxylic acids is 1. The lowest BCUT2D eigenvalue weighted by atomic mass is 9.90. The molecule has 0 spiro atoms. The highest BCUT2D eigenvalue weighted by molar-refractivity contribution is 5.76. The van der Waals surface area contributed by atoms with Gasteiger partial charge >= 0.3 is 0 Å². The maximum absolute atomic E-state index is 11.8. The lowest BCUT2D eigenvalue weighted by Gasteiger charge is -2.32. The molecule has 0 unspecified atom stereocenters. The molecular formula is C18H27NO. The Kier molecular flexibility index (Phi) is 5.63. The summed E-state index contributed by atoms with van der Waals surface area (Å²) >= 11 is 0. The molecule has 1 saturated heterocycles. The van der Waals surface area contributed by atoms with E-state index in [9.17, 15) is 4.79 Å². The second-order valence-corrected chi connectivity index (χ2v) is 6.10. The highest BCUT2D eigenvalue weighted by atomic mass is 16.2. The van der Waals surface area contributed by atoms with Gasteiger partial charge in [-0.2, -0.15) is 0 Å². The van der Waals surface area contributed by atoms with Gasteiger partial charge in [0.25, 0.3) is 0 Å². The molecule has 0 bridgehead atoms. The van der Waals surface area contributed by atoms with Crippen LogP contribution in [0.3, 0.4) is 0 Å². The Balaban J connectivity index is 1.72. The third-order valence-electron chi connectivity index (χ3n) is 4.39. The van der Waals surface area contributed by atoms with Gasteiger partial charge in [-0.1, -0.05) is 36.8 Å². The van der Waals surface area contributed by atoms with E-state index >= 15 is 0 Å². The molecule has 0 saturated carbocycles. The molecule has 1 aromatic rings. The van der Waals surface area contributed by atoms with E-state index in [1.165, 1.54) is 36.8 Å². The van der Waals surface area contributed by atoms with Gasteiger partial charge in [0, 0.05) is 19.5 Å². The number of benzene rings is 1. The van der Waals surface area contributed by atoms with Crippen LogP contribution in [0.1, 0.15) is 50.2 Å². The van der Waals surface area contributed by atoms with E-state index in [-0.39, 0.29) is 0 Å². The average molecular weight is 273 g/mol. The van der Waals surface area contributed by atoms with Crippen LogP contribution in [-0.4, -0.2) is 23.9 Å². The molecule has 2 nitrogen and oxygen atoms in total. The standard InChI is InChI=1S/C18H27NO/c1-3-4-18(20)19-13-11-17(12-14-19)10-9-16-7-5-15(2)6-8-16/h5-8,17H,3-4,9-14H2,1-2H3. The molecular weight excluding hydrogens is 246 g/mol. The fourth-order valence-corrected chi connectivity index (χ4v) is 2.97. The maximum Gasteiger partial charge on any atom is 0.222 e. The Bertz CT molecular complexity index is 416. The molecule has 1 heterocycles. The van der Waals surface area contributed by atoms with Crippen molar-refractivity contribution in [1.82, 2.24) is 4.90 Å². The Morgan fingerprint density at radius 2 is 1.85 bits per heavy atom. The van der Waals surface area contributed by atoms with E-state index in [0.29, 0.717) is 12.3 Å². The second-order valence-electron chi connectivity index (χ2n) is 6.10. The summed E-state index contributed by atoms with van der Waals surface area (Å²) in [6.45, 7) is 6.15. The van der Waals surface area contributed by atoms with E-state index in [4.69, 9.17) is 0 Å². The van der Waals surface area contributed by atoms with Crippen LogP contribution < -0.4 is 0 Å². The van der Waals surface area contributed by atoms with Gasteiger partial charge in [0.2, 0.25) is 5.91 Å². The first-order valence-corrected chi connectivity index (χ1v) is 8.02. The number of hydrogen-bond donors (Lipinski definition) is 0. The molecule has 110 valence electrons. The quantitative estimate of drug-likeness (QED) is 0.795. The predicted octanol–water partition coefficient (Wildman–Crippen LogP) is 3.97. The van der Waals surface area contributed by atoms with Crippen molar-refractivity contribution < 1.29 is 4.79 Å². The topological polar surface area (TPSA) is 20.3 Å². The minimum atomic E-state index is 0.351. The molecule has 1 aliphatic heterocycles. The Morgan fingerprint density at radius 1 is 1.20 bits per heavy atom. The van der Waals surface area contributed by atoms with Gasteiger partial charge in [-0.15, -0.1) is 0 Å². The number of likely N-dealkylation sites (tertiary alicyclic amines) is 1. The number of hydrogen-bond acceptors (Lipinski definition) is 1. The summed E-state index contributed by atoms with van der Waals surface area (Å²) in [7, 11) is 0. The van der Waals surface area contributed by atoms with Crippen LogP contribution in [-0.2, 0) is 11.2 Å². The first-order valence-electron chi connectivity index (χ1n) is 8.02. The molecule has 0 aromatic heterocycles. The van der Waals surface area contributed by atoms with Gasteiger partial charge in [-0.05, 0) is 50.5 Å². The Hall–Kier alpha value is -1.31. The Morgan fingerprint density at radius 3 is 2.45 bits per heavy atom. The highest BCUT2D eigenvalue weighted by Gasteiger charge is 2.21. The van der Waals surface area contributed by atoms with Crippen molar-refractivity contribution >= 4 is 5.91 Å². The van der Waals surface area contributed by atoms with Crippen LogP contribution in [0.25, 0.3) is 0 Å². The molecule has 0 radical (unpaired) electrons. The van der Waals surface area contributed by atoms with Gasteiger partial charge in [-0.3, -0.25) is 4.79 Å². The number of aryl methyl sites for hydroxylation is 2. The smallest absolute Gasteiger partial charge is 0.222 e. The minimum Gasteiger partial charge on any atom is -0.343 e. The summed E-state index contributed by atoms with van der Waals surface area (Å²) in [4.78, 5) is 13.9. The normalized spacial score (nSPS) is 16.4. The Labute approximate surface area is 123 Å². The van der Waals surface area contributed by atoms with Gasteiger partial charge < -0.3 is 4.90 Å². The summed E-state index contributed by atoms with van der Waals surface area (Å²) in [6, 6.07) is 8.88. The fraction of sp³-hybridized carbons (Fsp3) is 0.611.